The topological polar surface area (TPSA) is 18.5 Å². The molecule has 0 amide bonds. The Bertz CT molecular complexity index is 212. The molecule has 0 radical (unpaired) electrons. The molecule has 0 bridgehead atoms. The number of hydrogen-bond acceptors (Lipinski definition) is 2. The van der Waals surface area contributed by atoms with Crippen LogP contribution in [0.3, 0.4) is 0 Å². The van der Waals surface area contributed by atoms with E-state index in [2.05, 4.69) is 13.8 Å². The number of rotatable bonds is 17. The first-order valence-corrected chi connectivity index (χ1v) is 9.85. The highest BCUT2D eigenvalue weighted by atomic mass is 16.7. The predicted molar refractivity (Wildman–Crippen MR) is 97.4 cm³/mol. The fourth-order valence-electron chi connectivity index (χ4n) is 3.14. The van der Waals surface area contributed by atoms with Crippen molar-refractivity contribution in [2.45, 2.75) is 116 Å². The second-order valence-corrected chi connectivity index (χ2v) is 6.71. The summed E-state index contributed by atoms with van der Waals surface area (Å²) in [5, 5.41) is 0. The van der Waals surface area contributed by atoms with E-state index in [1.807, 2.05) is 14.2 Å². The Labute approximate surface area is 140 Å². The molecule has 2 heteroatoms. The van der Waals surface area contributed by atoms with Crippen LogP contribution in [0.1, 0.15) is 110 Å². The number of hydrogen-bond donors (Lipinski definition) is 0. The van der Waals surface area contributed by atoms with Gasteiger partial charge in [-0.25, -0.2) is 0 Å². The summed E-state index contributed by atoms with van der Waals surface area (Å²) in [6.45, 7) is 4.54. The molecule has 22 heavy (non-hydrogen) atoms. The van der Waals surface area contributed by atoms with Crippen molar-refractivity contribution in [3.8, 4) is 0 Å². The van der Waals surface area contributed by atoms with E-state index in [4.69, 9.17) is 9.47 Å². The van der Waals surface area contributed by atoms with Crippen LogP contribution in [-0.4, -0.2) is 20.0 Å². The molecule has 0 aromatic heterocycles. The smallest absolute Gasteiger partial charge is 0.167 e. The Morgan fingerprint density at radius 2 is 0.818 bits per heavy atom. The Hall–Kier alpha value is -0.0800. The van der Waals surface area contributed by atoms with Crippen molar-refractivity contribution in [1.82, 2.24) is 0 Å². The molecule has 0 heterocycles. The maximum absolute atomic E-state index is 5.74. The lowest BCUT2D eigenvalue weighted by Gasteiger charge is -2.31. The molecule has 0 fully saturated rings. The molecule has 0 aromatic carbocycles. The number of ether oxygens (including phenoxy) is 2. The molecule has 0 spiro atoms. The van der Waals surface area contributed by atoms with Gasteiger partial charge in [0.15, 0.2) is 5.79 Å². The molecule has 0 N–H and O–H groups in total. The number of methoxy groups -OCH3 is 2. The van der Waals surface area contributed by atoms with E-state index in [0.29, 0.717) is 0 Å². The summed E-state index contributed by atoms with van der Waals surface area (Å²) in [5.74, 6) is -0.325. The third kappa shape index (κ3) is 11.5. The summed E-state index contributed by atoms with van der Waals surface area (Å²) >= 11 is 0. The predicted octanol–water partition coefficient (Wildman–Crippen LogP) is 6.87. The molecule has 0 rings (SSSR count). The second kappa shape index (κ2) is 15.8. The van der Waals surface area contributed by atoms with E-state index in [-0.39, 0.29) is 5.79 Å². The third-order valence-electron chi connectivity index (χ3n) is 4.82. The van der Waals surface area contributed by atoms with Gasteiger partial charge < -0.3 is 9.47 Å². The van der Waals surface area contributed by atoms with Crippen molar-refractivity contribution in [1.29, 1.82) is 0 Å². The molecule has 0 saturated heterocycles. The Kier molecular flexibility index (Phi) is 15.7. The first-order chi connectivity index (χ1) is 10.7. The van der Waals surface area contributed by atoms with Gasteiger partial charge in [0.1, 0.15) is 0 Å². The average molecular weight is 315 g/mol. The summed E-state index contributed by atoms with van der Waals surface area (Å²) in [5.41, 5.74) is 0. The molecule has 0 unspecified atom stereocenters. The highest BCUT2D eigenvalue weighted by Gasteiger charge is 2.28. The number of unbranched alkanes of at least 4 members (excludes halogenated alkanes) is 11. The highest BCUT2D eigenvalue weighted by molar-refractivity contribution is 4.69. The minimum absolute atomic E-state index is 0.325. The summed E-state index contributed by atoms with van der Waals surface area (Å²) in [6.07, 6.45) is 19.4. The molecule has 0 aliphatic heterocycles. The van der Waals surface area contributed by atoms with Crippen LogP contribution in [0.4, 0.5) is 0 Å². The lowest BCUT2D eigenvalue weighted by molar-refractivity contribution is -0.216. The van der Waals surface area contributed by atoms with E-state index in [1.165, 1.54) is 83.5 Å². The maximum Gasteiger partial charge on any atom is 0.167 e. The minimum atomic E-state index is -0.325. The van der Waals surface area contributed by atoms with Gasteiger partial charge in [-0.3, -0.25) is 0 Å². The molecule has 0 aliphatic rings. The van der Waals surface area contributed by atoms with Gasteiger partial charge in [-0.15, -0.1) is 0 Å². The van der Waals surface area contributed by atoms with Crippen LogP contribution in [-0.2, 0) is 9.47 Å². The van der Waals surface area contributed by atoms with Crippen LogP contribution < -0.4 is 0 Å². The fraction of sp³-hybridized carbons (Fsp3) is 1.00. The monoisotopic (exact) mass is 314 g/mol. The third-order valence-corrected chi connectivity index (χ3v) is 4.82. The molecule has 134 valence electrons. The van der Waals surface area contributed by atoms with Crippen LogP contribution in [0, 0.1) is 0 Å². The van der Waals surface area contributed by atoms with E-state index in [9.17, 15) is 0 Å². The molecule has 0 aliphatic carbocycles. The van der Waals surface area contributed by atoms with Crippen LogP contribution in [0.25, 0.3) is 0 Å². The Morgan fingerprint density at radius 3 is 1.14 bits per heavy atom. The lowest BCUT2D eigenvalue weighted by Crippen LogP contribution is -2.33. The Balaban J connectivity index is 3.76. The van der Waals surface area contributed by atoms with E-state index in [0.717, 1.165) is 12.8 Å². The van der Waals surface area contributed by atoms with Crippen LogP contribution >= 0.6 is 0 Å². The first-order valence-electron chi connectivity index (χ1n) is 9.85. The van der Waals surface area contributed by atoms with E-state index >= 15 is 0 Å². The van der Waals surface area contributed by atoms with Crippen molar-refractivity contribution >= 4 is 0 Å². The molecule has 0 saturated carbocycles. The van der Waals surface area contributed by atoms with Gasteiger partial charge in [0.05, 0.1) is 0 Å². The summed E-state index contributed by atoms with van der Waals surface area (Å²) in [7, 11) is 3.61. The van der Waals surface area contributed by atoms with E-state index in [1.54, 1.807) is 0 Å². The van der Waals surface area contributed by atoms with Gasteiger partial charge >= 0.3 is 0 Å². The summed E-state index contributed by atoms with van der Waals surface area (Å²) < 4.78 is 11.5. The zero-order valence-corrected chi connectivity index (χ0v) is 15.9. The van der Waals surface area contributed by atoms with Gasteiger partial charge in [-0.05, 0) is 12.8 Å². The average Bonchev–Trinajstić information content (AvgIpc) is 2.55. The van der Waals surface area contributed by atoms with Crippen molar-refractivity contribution < 1.29 is 9.47 Å². The van der Waals surface area contributed by atoms with Crippen LogP contribution in [0.2, 0.25) is 0 Å². The zero-order valence-electron chi connectivity index (χ0n) is 15.9. The van der Waals surface area contributed by atoms with Gasteiger partial charge in [-0.1, -0.05) is 84.5 Å². The van der Waals surface area contributed by atoms with Gasteiger partial charge in [0, 0.05) is 27.1 Å². The quantitative estimate of drug-likeness (QED) is 0.215. The molecule has 0 atom stereocenters. The highest BCUT2D eigenvalue weighted by Crippen LogP contribution is 2.27. The standard InChI is InChI=1S/C20H42O2/c1-5-7-9-11-13-15-17-19-20(21-3,22-4)18-16-14-12-10-8-6-2/h5-19H2,1-4H3. The van der Waals surface area contributed by atoms with Crippen LogP contribution in [0.15, 0.2) is 0 Å². The molecule has 2 nitrogen and oxygen atoms in total. The van der Waals surface area contributed by atoms with Gasteiger partial charge in [-0.2, -0.15) is 0 Å². The SMILES string of the molecule is CCCCCCCCCC(CCCCCCCC)(OC)OC. The van der Waals surface area contributed by atoms with Crippen molar-refractivity contribution in [2.24, 2.45) is 0 Å². The van der Waals surface area contributed by atoms with Crippen molar-refractivity contribution in [3.63, 3.8) is 0 Å². The maximum atomic E-state index is 5.74. The van der Waals surface area contributed by atoms with Crippen molar-refractivity contribution in [2.75, 3.05) is 14.2 Å². The lowest BCUT2D eigenvalue weighted by atomic mass is 9.98. The molecular formula is C20H42O2. The molecular weight excluding hydrogens is 272 g/mol. The van der Waals surface area contributed by atoms with E-state index < -0.39 is 0 Å². The summed E-state index contributed by atoms with van der Waals surface area (Å²) in [6, 6.07) is 0. The molecule has 0 aromatic rings. The van der Waals surface area contributed by atoms with Gasteiger partial charge in [0.25, 0.3) is 0 Å². The van der Waals surface area contributed by atoms with Crippen LogP contribution in [0.5, 0.6) is 0 Å². The normalized spacial score (nSPS) is 12.0. The van der Waals surface area contributed by atoms with Crippen molar-refractivity contribution in [3.05, 3.63) is 0 Å². The first kappa shape index (κ1) is 21.9. The zero-order chi connectivity index (χ0) is 16.5. The fourth-order valence-corrected chi connectivity index (χ4v) is 3.14. The largest absolute Gasteiger partial charge is 0.353 e. The Morgan fingerprint density at radius 1 is 0.500 bits per heavy atom. The van der Waals surface area contributed by atoms with Gasteiger partial charge in [0.2, 0.25) is 0 Å². The minimum Gasteiger partial charge on any atom is -0.353 e. The summed E-state index contributed by atoms with van der Waals surface area (Å²) in [4.78, 5) is 0. The second-order valence-electron chi connectivity index (χ2n) is 6.71.